The first-order valence-electron chi connectivity index (χ1n) is 9.36. The summed E-state index contributed by atoms with van der Waals surface area (Å²) in [6, 6.07) is 0. The van der Waals surface area contributed by atoms with Crippen LogP contribution in [0.2, 0.25) is 0 Å². The minimum absolute atomic E-state index is 0.0245. The van der Waals surface area contributed by atoms with Crippen LogP contribution < -0.4 is 16.4 Å². The van der Waals surface area contributed by atoms with Gasteiger partial charge in [0.25, 0.3) is 0 Å². The van der Waals surface area contributed by atoms with Crippen LogP contribution in [0.3, 0.4) is 0 Å². The molecule has 0 aromatic rings. The van der Waals surface area contributed by atoms with E-state index >= 15 is 0 Å². The van der Waals surface area contributed by atoms with Gasteiger partial charge in [-0.3, -0.25) is 0 Å². The number of carboxylic acids is 1. The van der Waals surface area contributed by atoms with Crippen molar-refractivity contribution in [2.45, 2.75) is 64.5 Å². The third kappa shape index (κ3) is 13.1. The van der Waals surface area contributed by atoms with Gasteiger partial charge in [-0.1, -0.05) is 6.92 Å². The number of aliphatic carboxylic acids is 1. The zero-order chi connectivity index (χ0) is 21.1. The molecular weight excluding hydrogens is 354 g/mol. The van der Waals surface area contributed by atoms with Gasteiger partial charge in [-0.05, 0) is 40.7 Å². The summed E-state index contributed by atoms with van der Waals surface area (Å²) >= 11 is 0. The molecule has 0 fully saturated rings. The van der Waals surface area contributed by atoms with Crippen LogP contribution in [0.5, 0.6) is 0 Å². The molecule has 162 valence electrons. The predicted octanol–water partition coefficient (Wildman–Crippen LogP) is -0.495. The largest absolute Gasteiger partial charge is 0.480 e. The molecule has 0 amide bonds. The van der Waals surface area contributed by atoms with Crippen molar-refractivity contribution < 1.29 is 29.6 Å². The number of hydrogen-bond donors (Lipinski definition) is 6. The molecule has 0 aliphatic carbocycles. The lowest BCUT2D eigenvalue weighted by Crippen LogP contribution is -2.55. The van der Waals surface area contributed by atoms with Crippen LogP contribution in [0.15, 0.2) is 0 Å². The molecule has 0 saturated heterocycles. The van der Waals surface area contributed by atoms with Gasteiger partial charge in [0.15, 0.2) is 6.29 Å². The first kappa shape index (κ1) is 26.2. The number of ether oxygens (including phenoxy) is 2. The molecule has 0 aliphatic rings. The molecule has 0 aromatic heterocycles. The normalized spacial score (nSPS) is 16.1. The summed E-state index contributed by atoms with van der Waals surface area (Å²) in [7, 11) is 0. The second kappa shape index (κ2) is 12.6. The molecule has 0 aromatic carbocycles. The average molecular weight is 394 g/mol. The zero-order valence-corrected chi connectivity index (χ0v) is 17.3. The Morgan fingerprint density at radius 2 is 1.81 bits per heavy atom. The first-order chi connectivity index (χ1) is 12.4. The first-order valence-corrected chi connectivity index (χ1v) is 9.36. The van der Waals surface area contributed by atoms with E-state index in [0.717, 1.165) is 6.42 Å². The van der Waals surface area contributed by atoms with Gasteiger partial charge >= 0.3 is 5.97 Å². The summed E-state index contributed by atoms with van der Waals surface area (Å²) in [4.78, 5) is 10.5. The molecule has 0 radical (unpaired) electrons. The van der Waals surface area contributed by atoms with Crippen LogP contribution in [0.4, 0.5) is 0 Å². The summed E-state index contributed by atoms with van der Waals surface area (Å²) in [6.45, 7) is 10.8. The van der Waals surface area contributed by atoms with Crippen molar-refractivity contribution in [3.63, 3.8) is 0 Å². The molecular formula is C18H39N3O6. The minimum Gasteiger partial charge on any atom is -0.480 e. The number of nitrogens with one attached hydrogen (secondary N) is 2. The zero-order valence-electron chi connectivity index (χ0n) is 17.3. The van der Waals surface area contributed by atoms with E-state index in [9.17, 15) is 15.0 Å². The van der Waals surface area contributed by atoms with Crippen molar-refractivity contribution in [3.05, 3.63) is 0 Å². The smallest absolute Gasteiger partial charge is 0.329 e. The topological polar surface area (TPSA) is 146 Å². The highest BCUT2D eigenvalue weighted by molar-refractivity contribution is 5.67. The fourth-order valence-electron chi connectivity index (χ4n) is 2.30. The van der Waals surface area contributed by atoms with Crippen LogP contribution in [0.1, 0.15) is 41.0 Å². The lowest BCUT2D eigenvalue weighted by Gasteiger charge is -2.34. The number of nitrogens with two attached hydrogens (primary N) is 1. The van der Waals surface area contributed by atoms with Gasteiger partial charge in [0.2, 0.25) is 0 Å². The molecule has 27 heavy (non-hydrogen) atoms. The van der Waals surface area contributed by atoms with Crippen molar-refractivity contribution in [1.29, 1.82) is 0 Å². The Kier molecular flexibility index (Phi) is 12.2. The van der Waals surface area contributed by atoms with Crippen molar-refractivity contribution in [2.75, 3.05) is 39.5 Å². The third-order valence-electron chi connectivity index (χ3n) is 4.30. The monoisotopic (exact) mass is 393 g/mol. The molecule has 3 unspecified atom stereocenters. The van der Waals surface area contributed by atoms with Gasteiger partial charge in [0.05, 0.1) is 12.7 Å². The molecule has 0 heterocycles. The third-order valence-corrected chi connectivity index (χ3v) is 4.30. The SMILES string of the molecule is CC(CO)C(COCC(=O)O)OC(O)CNC(C)(C)CNC(C)(C)CCN. The van der Waals surface area contributed by atoms with Gasteiger partial charge < -0.3 is 41.2 Å². The Labute approximate surface area is 162 Å². The summed E-state index contributed by atoms with van der Waals surface area (Å²) in [6.07, 6.45) is -0.879. The van der Waals surface area contributed by atoms with E-state index in [-0.39, 0.29) is 36.8 Å². The Balaban J connectivity index is 4.44. The molecule has 7 N–H and O–H groups in total. The summed E-state index contributed by atoms with van der Waals surface area (Å²) in [5.41, 5.74) is 5.24. The maximum Gasteiger partial charge on any atom is 0.329 e. The standard InChI is InChI=1S/C18H39N3O6/c1-13(9-22)14(10-26-11-15(23)24)27-16(25)8-20-18(4,5)12-21-17(2,3)6-7-19/h13-14,16,20-22,25H,6-12,19H2,1-5H3,(H,23,24). The van der Waals surface area contributed by atoms with Crippen molar-refractivity contribution in [3.8, 4) is 0 Å². The number of β-amino-alcohol motifs (C(OH)–C–C–N with tert-alkyl or cyclic N) is 1. The maximum atomic E-state index is 10.5. The van der Waals surface area contributed by atoms with E-state index in [1.807, 2.05) is 13.8 Å². The molecule has 0 rings (SSSR count). The van der Waals surface area contributed by atoms with E-state index in [4.69, 9.17) is 20.3 Å². The summed E-state index contributed by atoms with van der Waals surface area (Å²) in [5, 5.41) is 34.8. The Hall–Kier alpha value is -0.810. The van der Waals surface area contributed by atoms with Crippen molar-refractivity contribution in [1.82, 2.24) is 10.6 Å². The summed E-state index contributed by atoms with van der Waals surface area (Å²) in [5.74, 6) is -1.39. The number of carboxylic acid groups (broad SMARTS) is 1. The van der Waals surface area contributed by atoms with E-state index in [1.165, 1.54) is 0 Å². The number of carbonyl (C=O) groups is 1. The van der Waals surface area contributed by atoms with E-state index in [1.54, 1.807) is 6.92 Å². The highest BCUT2D eigenvalue weighted by Crippen LogP contribution is 2.12. The maximum absolute atomic E-state index is 10.5. The minimum atomic E-state index is -1.12. The van der Waals surface area contributed by atoms with Gasteiger partial charge in [-0.15, -0.1) is 0 Å². The van der Waals surface area contributed by atoms with Gasteiger partial charge in [-0.25, -0.2) is 4.79 Å². The number of aliphatic hydroxyl groups excluding tert-OH is 2. The Morgan fingerprint density at radius 1 is 1.19 bits per heavy atom. The van der Waals surface area contributed by atoms with Gasteiger partial charge in [0.1, 0.15) is 6.61 Å². The molecule has 9 nitrogen and oxygen atoms in total. The second-order valence-corrected chi connectivity index (χ2v) is 8.24. The molecule has 0 bridgehead atoms. The van der Waals surface area contributed by atoms with Gasteiger partial charge in [0, 0.05) is 36.7 Å². The Bertz CT molecular complexity index is 420. The highest BCUT2D eigenvalue weighted by Gasteiger charge is 2.26. The molecule has 0 aliphatic heterocycles. The molecule has 3 atom stereocenters. The fraction of sp³-hybridized carbons (Fsp3) is 0.944. The fourth-order valence-corrected chi connectivity index (χ4v) is 2.30. The van der Waals surface area contributed by atoms with E-state index in [0.29, 0.717) is 13.1 Å². The molecule has 0 spiro atoms. The average Bonchev–Trinajstić information content (AvgIpc) is 2.57. The highest BCUT2D eigenvalue weighted by atomic mass is 16.6. The van der Waals surface area contributed by atoms with Crippen LogP contribution in [-0.2, 0) is 14.3 Å². The predicted molar refractivity (Wildman–Crippen MR) is 103 cm³/mol. The molecule has 0 saturated carbocycles. The number of hydrogen-bond acceptors (Lipinski definition) is 8. The van der Waals surface area contributed by atoms with Crippen molar-refractivity contribution >= 4 is 5.97 Å². The second-order valence-electron chi connectivity index (χ2n) is 8.24. The van der Waals surface area contributed by atoms with Crippen LogP contribution >= 0.6 is 0 Å². The number of aliphatic hydroxyl groups is 2. The van der Waals surface area contributed by atoms with Crippen LogP contribution in [-0.4, -0.2) is 84.2 Å². The van der Waals surface area contributed by atoms with E-state index < -0.39 is 25.0 Å². The Morgan fingerprint density at radius 3 is 2.33 bits per heavy atom. The summed E-state index contributed by atoms with van der Waals surface area (Å²) < 4.78 is 10.6. The van der Waals surface area contributed by atoms with Crippen LogP contribution in [0.25, 0.3) is 0 Å². The molecule has 9 heteroatoms. The lowest BCUT2D eigenvalue weighted by molar-refractivity contribution is -0.172. The number of rotatable bonds is 16. The van der Waals surface area contributed by atoms with E-state index in [2.05, 4.69) is 24.5 Å². The van der Waals surface area contributed by atoms with Crippen LogP contribution in [0, 0.1) is 5.92 Å². The van der Waals surface area contributed by atoms with Gasteiger partial charge in [-0.2, -0.15) is 0 Å². The lowest BCUT2D eigenvalue weighted by atomic mass is 9.97. The quantitative estimate of drug-likeness (QED) is 0.191. The van der Waals surface area contributed by atoms with Crippen molar-refractivity contribution in [2.24, 2.45) is 11.7 Å².